The van der Waals surface area contributed by atoms with Gasteiger partial charge in [0.15, 0.2) is 5.82 Å². The van der Waals surface area contributed by atoms with Crippen molar-refractivity contribution in [2.24, 2.45) is 0 Å². The van der Waals surface area contributed by atoms with Crippen molar-refractivity contribution in [2.45, 2.75) is 5.41 Å². The van der Waals surface area contributed by atoms with Crippen molar-refractivity contribution in [2.75, 3.05) is 0 Å². The summed E-state index contributed by atoms with van der Waals surface area (Å²) in [6.45, 7) is 0. The minimum absolute atomic E-state index is 0.424. The number of aromatic nitrogens is 3. The van der Waals surface area contributed by atoms with E-state index in [0.29, 0.717) is 11.4 Å². The molecule has 0 unspecified atom stereocenters. The Kier molecular flexibility index (Phi) is 6.88. The van der Waals surface area contributed by atoms with E-state index in [9.17, 15) is 5.26 Å². The van der Waals surface area contributed by atoms with Crippen LogP contribution < -0.4 is 0 Å². The zero-order chi connectivity index (χ0) is 38.4. The monoisotopic (exact) mass is 736 g/mol. The first-order chi connectivity index (χ1) is 28.7. The van der Waals surface area contributed by atoms with Crippen molar-refractivity contribution in [3.63, 3.8) is 0 Å². The third kappa shape index (κ3) is 4.50. The summed E-state index contributed by atoms with van der Waals surface area (Å²) in [5.74, 6) is 0.582. The Morgan fingerprint density at radius 3 is 1.66 bits per heavy atom. The zero-order valence-corrected chi connectivity index (χ0v) is 31.3. The Bertz CT molecular complexity index is 3300. The van der Waals surface area contributed by atoms with Crippen LogP contribution in [0.15, 0.2) is 194 Å². The maximum atomic E-state index is 9.64. The summed E-state index contributed by atoms with van der Waals surface area (Å²) in [6, 6.07) is 71.4. The van der Waals surface area contributed by atoms with E-state index >= 15 is 0 Å². The SMILES string of the molecule is N#Cc1cccc(-c2nc(-c3ccccc3)cc(-c3ccc(-n4c5ccccc5c5cc6c(cc54)C4(c5ccccc5-c5ccccc54)c4ccccc4-6)cc3)n2)c1. The second-order valence-electron chi connectivity index (χ2n) is 15.2. The van der Waals surface area contributed by atoms with E-state index in [1.54, 1.807) is 6.07 Å². The van der Waals surface area contributed by atoms with Crippen molar-refractivity contribution in [3.05, 3.63) is 222 Å². The average Bonchev–Trinajstić information content (AvgIpc) is 3.90. The molecular weight excluding hydrogens is 705 g/mol. The molecule has 0 atom stereocenters. The van der Waals surface area contributed by atoms with Gasteiger partial charge in [-0.05, 0) is 93.0 Å². The van der Waals surface area contributed by atoms with E-state index < -0.39 is 5.41 Å². The minimum atomic E-state index is -0.424. The fourth-order valence-electron chi connectivity index (χ4n) is 9.82. The lowest BCUT2D eigenvalue weighted by atomic mass is 9.70. The topological polar surface area (TPSA) is 54.5 Å². The average molecular weight is 737 g/mol. The third-order valence-corrected chi connectivity index (χ3v) is 12.3. The number of hydrogen-bond acceptors (Lipinski definition) is 3. The highest BCUT2D eigenvalue weighted by molar-refractivity contribution is 6.12. The van der Waals surface area contributed by atoms with Crippen LogP contribution in [0.1, 0.15) is 27.8 Å². The maximum absolute atomic E-state index is 9.64. The third-order valence-electron chi connectivity index (χ3n) is 12.3. The number of fused-ring (bicyclic) bond motifs is 13. The van der Waals surface area contributed by atoms with Crippen molar-refractivity contribution < 1.29 is 0 Å². The van der Waals surface area contributed by atoms with Gasteiger partial charge < -0.3 is 4.57 Å². The summed E-state index contributed by atoms with van der Waals surface area (Å²) >= 11 is 0. The van der Waals surface area contributed by atoms with Crippen molar-refractivity contribution in [1.29, 1.82) is 5.26 Å². The summed E-state index contributed by atoms with van der Waals surface area (Å²) in [7, 11) is 0. The molecular formula is C54H32N4. The first kappa shape index (κ1) is 32.4. The Labute approximate surface area is 335 Å². The molecule has 12 rings (SSSR count). The molecule has 58 heavy (non-hydrogen) atoms. The molecule has 1 spiro atoms. The van der Waals surface area contributed by atoms with E-state index in [2.05, 4.69) is 162 Å². The number of hydrogen-bond donors (Lipinski definition) is 0. The van der Waals surface area contributed by atoms with Crippen LogP contribution in [-0.2, 0) is 5.41 Å². The van der Waals surface area contributed by atoms with Crippen LogP contribution in [-0.4, -0.2) is 14.5 Å². The molecule has 0 saturated carbocycles. The van der Waals surface area contributed by atoms with Gasteiger partial charge in [0.25, 0.3) is 0 Å². The highest BCUT2D eigenvalue weighted by atomic mass is 15.0. The molecule has 2 aromatic heterocycles. The van der Waals surface area contributed by atoms with Crippen LogP contribution in [0.25, 0.3) is 83.6 Å². The normalized spacial score (nSPS) is 12.9. The summed E-state index contributed by atoms with van der Waals surface area (Å²) in [6.07, 6.45) is 0. The first-order valence-corrected chi connectivity index (χ1v) is 19.6. The molecule has 4 heteroatoms. The summed E-state index contributed by atoms with van der Waals surface area (Å²) in [5, 5.41) is 12.1. The van der Waals surface area contributed by atoms with Gasteiger partial charge in [0.1, 0.15) is 0 Å². The number of nitrogens with zero attached hydrogens (tertiary/aromatic N) is 4. The molecule has 10 aromatic rings. The number of rotatable bonds is 4. The quantitative estimate of drug-likeness (QED) is 0.181. The zero-order valence-electron chi connectivity index (χ0n) is 31.3. The number of nitriles is 1. The molecule has 2 aliphatic carbocycles. The molecule has 0 amide bonds. The van der Waals surface area contributed by atoms with Crippen molar-refractivity contribution >= 4 is 21.8 Å². The van der Waals surface area contributed by atoms with Gasteiger partial charge in [0, 0.05) is 33.2 Å². The van der Waals surface area contributed by atoms with Crippen LogP contribution in [0.5, 0.6) is 0 Å². The van der Waals surface area contributed by atoms with Gasteiger partial charge in [0.2, 0.25) is 0 Å². The number of para-hydroxylation sites is 1. The lowest BCUT2D eigenvalue weighted by molar-refractivity contribution is 0.794. The highest BCUT2D eigenvalue weighted by Crippen LogP contribution is 2.63. The smallest absolute Gasteiger partial charge is 0.160 e. The second-order valence-corrected chi connectivity index (χ2v) is 15.2. The van der Waals surface area contributed by atoms with Gasteiger partial charge in [-0.2, -0.15) is 5.26 Å². The maximum Gasteiger partial charge on any atom is 0.160 e. The highest BCUT2D eigenvalue weighted by Gasteiger charge is 2.51. The van der Waals surface area contributed by atoms with Gasteiger partial charge in [-0.25, -0.2) is 9.97 Å². The Morgan fingerprint density at radius 2 is 0.983 bits per heavy atom. The molecule has 0 saturated heterocycles. The standard InChI is InChI=1S/C54H32N4/c55-33-34-13-12-16-37(29-34)53-56-49(35-14-2-1-3-15-35)32-50(57-53)36-25-27-38(28-26-36)58-51-24-11-7-20-42(51)44-30-43-41-19-6-10-23-47(41)54(48(43)31-52(44)58)45-21-8-4-17-39(45)40-18-5-9-22-46(40)54/h1-32H. The van der Waals surface area contributed by atoms with E-state index in [0.717, 1.165) is 39.3 Å². The molecule has 268 valence electrons. The minimum Gasteiger partial charge on any atom is -0.309 e. The second kappa shape index (κ2) is 12.3. The number of benzene rings is 8. The van der Waals surface area contributed by atoms with Gasteiger partial charge in [-0.1, -0.05) is 146 Å². The molecule has 0 bridgehead atoms. The predicted molar refractivity (Wildman–Crippen MR) is 234 cm³/mol. The lowest BCUT2D eigenvalue weighted by Crippen LogP contribution is -2.25. The van der Waals surface area contributed by atoms with Crippen LogP contribution in [0.3, 0.4) is 0 Å². The molecule has 2 heterocycles. The van der Waals surface area contributed by atoms with Crippen molar-refractivity contribution in [3.8, 4) is 67.9 Å². The molecule has 0 N–H and O–H groups in total. The van der Waals surface area contributed by atoms with Gasteiger partial charge in [-0.15, -0.1) is 0 Å². The van der Waals surface area contributed by atoms with Crippen LogP contribution in [0.4, 0.5) is 0 Å². The van der Waals surface area contributed by atoms with Crippen LogP contribution >= 0.6 is 0 Å². The summed E-state index contributed by atoms with van der Waals surface area (Å²) in [4.78, 5) is 10.1. The molecule has 8 aromatic carbocycles. The van der Waals surface area contributed by atoms with E-state index in [1.807, 2.05) is 36.4 Å². The predicted octanol–water partition coefficient (Wildman–Crippen LogP) is 12.8. The van der Waals surface area contributed by atoms with Crippen LogP contribution in [0.2, 0.25) is 0 Å². The molecule has 0 aliphatic heterocycles. The lowest BCUT2D eigenvalue weighted by Gasteiger charge is -2.30. The Hall–Kier alpha value is -7.87. The van der Waals surface area contributed by atoms with E-state index in [-0.39, 0.29) is 0 Å². The Balaban J connectivity index is 1.06. The molecule has 4 nitrogen and oxygen atoms in total. The van der Waals surface area contributed by atoms with E-state index in [1.165, 1.54) is 60.8 Å². The fraction of sp³-hybridized carbons (Fsp3) is 0.0185. The summed E-state index contributed by atoms with van der Waals surface area (Å²) in [5.41, 5.74) is 18.5. The van der Waals surface area contributed by atoms with Crippen LogP contribution in [0, 0.1) is 11.3 Å². The molecule has 0 radical (unpaired) electrons. The van der Waals surface area contributed by atoms with Gasteiger partial charge in [0.05, 0.1) is 39.5 Å². The molecule has 0 fully saturated rings. The van der Waals surface area contributed by atoms with Gasteiger partial charge in [-0.3, -0.25) is 0 Å². The van der Waals surface area contributed by atoms with Crippen molar-refractivity contribution in [1.82, 2.24) is 14.5 Å². The molecule has 2 aliphatic rings. The summed E-state index contributed by atoms with van der Waals surface area (Å²) < 4.78 is 2.42. The fourth-order valence-corrected chi connectivity index (χ4v) is 9.82. The van der Waals surface area contributed by atoms with E-state index in [4.69, 9.17) is 9.97 Å². The first-order valence-electron chi connectivity index (χ1n) is 19.6. The Morgan fingerprint density at radius 1 is 0.414 bits per heavy atom. The largest absolute Gasteiger partial charge is 0.309 e. The van der Waals surface area contributed by atoms with Gasteiger partial charge >= 0.3 is 0 Å².